The second-order valence-corrected chi connectivity index (χ2v) is 3.90. The first kappa shape index (κ1) is 11.5. The van der Waals surface area contributed by atoms with Crippen LogP contribution in [0.5, 0.6) is 0 Å². The highest BCUT2D eigenvalue weighted by Crippen LogP contribution is 2.18. The van der Waals surface area contributed by atoms with E-state index in [0.29, 0.717) is 11.9 Å². The van der Waals surface area contributed by atoms with Gasteiger partial charge in [0.2, 0.25) is 5.91 Å². The van der Waals surface area contributed by atoms with E-state index in [0.717, 1.165) is 32.4 Å². The SMILES string of the molecule is CCNC1CCN(C(CC)CC)C1=O. The molecule has 1 aliphatic heterocycles. The van der Waals surface area contributed by atoms with Crippen molar-refractivity contribution in [3.8, 4) is 0 Å². The van der Waals surface area contributed by atoms with Gasteiger partial charge in [0, 0.05) is 12.6 Å². The predicted molar refractivity (Wildman–Crippen MR) is 58.2 cm³/mol. The number of likely N-dealkylation sites (tertiary alicyclic amines) is 1. The molecule has 1 heterocycles. The number of carbonyl (C=O) groups is 1. The van der Waals surface area contributed by atoms with E-state index in [4.69, 9.17) is 0 Å². The Kier molecular flexibility index (Phi) is 4.39. The van der Waals surface area contributed by atoms with Gasteiger partial charge in [-0.1, -0.05) is 20.8 Å². The molecule has 0 bridgehead atoms. The van der Waals surface area contributed by atoms with E-state index in [-0.39, 0.29) is 6.04 Å². The topological polar surface area (TPSA) is 32.3 Å². The zero-order chi connectivity index (χ0) is 10.6. The van der Waals surface area contributed by atoms with Crippen LogP contribution in [-0.4, -0.2) is 36.0 Å². The molecule has 0 aromatic heterocycles. The van der Waals surface area contributed by atoms with Gasteiger partial charge in [0.05, 0.1) is 6.04 Å². The average molecular weight is 198 g/mol. The summed E-state index contributed by atoms with van der Waals surface area (Å²) in [6.45, 7) is 8.17. The van der Waals surface area contributed by atoms with E-state index in [1.165, 1.54) is 0 Å². The Morgan fingerprint density at radius 1 is 1.43 bits per heavy atom. The van der Waals surface area contributed by atoms with Crippen LogP contribution in [0.15, 0.2) is 0 Å². The van der Waals surface area contributed by atoms with Crippen LogP contribution in [0, 0.1) is 0 Å². The Balaban J connectivity index is 2.53. The molecule has 3 heteroatoms. The summed E-state index contributed by atoms with van der Waals surface area (Å²) in [5, 5.41) is 3.24. The molecule has 1 N–H and O–H groups in total. The average Bonchev–Trinajstić information content (AvgIpc) is 2.53. The molecule has 1 aliphatic rings. The summed E-state index contributed by atoms with van der Waals surface area (Å²) < 4.78 is 0. The van der Waals surface area contributed by atoms with Gasteiger partial charge in [-0.3, -0.25) is 4.79 Å². The molecule has 82 valence electrons. The van der Waals surface area contributed by atoms with Gasteiger partial charge in [0.25, 0.3) is 0 Å². The number of hydrogen-bond acceptors (Lipinski definition) is 2. The summed E-state index contributed by atoms with van der Waals surface area (Å²) in [7, 11) is 0. The van der Waals surface area contributed by atoms with Crippen LogP contribution in [0.3, 0.4) is 0 Å². The maximum Gasteiger partial charge on any atom is 0.240 e. The van der Waals surface area contributed by atoms with Gasteiger partial charge < -0.3 is 10.2 Å². The zero-order valence-electron chi connectivity index (χ0n) is 9.55. The standard InChI is InChI=1S/C11H22N2O/c1-4-9(5-2)13-8-7-10(11(13)14)12-6-3/h9-10,12H,4-8H2,1-3H3. The smallest absolute Gasteiger partial charge is 0.240 e. The molecule has 0 aliphatic carbocycles. The number of likely N-dealkylation sites (N-methyl/N-ethyl adjacent to an activating group) is 1. The Morgan fingerprint density at radius 2 is 2.07 bits per heavy atom. The van der Waals surface area contributed by atoms with E-state index in [9.17, 15) is 4.79 Å². The lowest BCUT2D eigenvalue weighted by Crippen LogP contribution is -2.42. The number of hydrogen-bond donors (Lipinski definition) is 1. The number of carbonyl (C=O) groups excluding carboxylic acids is 1. The molecule has 1 unspecified atom stereocenters. The highest BCUT2D eigenvalue weighted by atomic mass is 16.2. The van der Waals surface area contributed by atoms with Gasteiger partial charge in [-0.15, -0.1) is 0 Å². The van der Waals surface area contributed by atoms with E-state index >= 15 is 0 Å². The monoisotopic (exact) mass is 198 g/mol. The molecule has 1 amide bonds. The third-order valence-electron chi connectivity index (χ3n) is 3.07. The highest BCUT2D eigenvalue weighted by molar-refractivity contribution is 5.84. The zero-order valence-corrected chi connectivity index (χ0v) is 9.55. The van der Waals surface area contributed by atoms with Gasteiger partial charge in [-0.25, -0.2) is 0 Å². The number of nitrogens with one attached hydrogen (secondary N) is 1. The van der Waals surface area contributed by atoms with Crippen LogP contribution in [0.2, 0.25) is 0 Å². The molecule has 0 aromatic rings. The Morgan fingerprint density at radius 3 is 2.57 bits per heavy atom. The van der Waals surface area contributed by atoms with Crippen molar-refractivity contribution in [2.75, 3.05) is 13.1 Å². The molecule has 0 aromatic carbocycles. The van der Waals surface area contributed by atoms with Crippen LogP contribution >= 0.6 is 0 Å². The molecule has 0 spiro atoms. The van der Waals surface area contributed by atoms with Crippen molar-refractivity contribution in [2.24, 2.45) is 0 Å². The van der Waals surface area contributed by atoms with Crippen molar-refractivity contribution in [1.29, 1.82) is 0 Å². The number of nitrogens with zero attached hydrogens (tertiary/aromatic N) is 1. The lowest BCUT2D eigenvalue weighted by molar-refractivity contribution is -0.131. The fourth-order valence-corrected chi connectivity index (χ4v) is 2.23. The van der Waals surface area contributed by atoms with Crippen LogP contribution in [-0.2, 0) is 4.79 Å². The molecule has 1 atom stereocenters. The Hall–Kier alpha value is -0.570. The molecular formula is C11H22N2O. The van der Waals surface area contributed by atoms with Gasteiger partial charge >= 0.3 is 0 Å². The van der Waals surface area contributed by atoms with Crippen molar-refractivity contribution in [3.63, 3.8) is 0 Å². The predicted octanol–water partition coefficient (Wildman–Crippen LogP) is 1.39. The van der Waals surface area contributed by atoms with Crippen molar-refractivity contribution in [2.45, 2.75) is 52.1 Å². The lowest BCUT2D eigenvalue weighted by Gasteiger charge is -2.26. The van der Waals surface area contributed by atoms with Crippen LogP contribution in [0.25, 0.3) is 0 Å². The van der Waals surface area contributed by atoms with E-state index < -0.39 is 0 Å². The summed E-state index contributed by atoms with van der Waals surface area (Å²) >= 11 is 0. The van der Waals surface area contributed by atoms with Gasteiger partial charge in [-0.2, -0.15) is 0 Å². The third-order valence-corrected chi connectivity index (χ3v) is 3.07. The first-order chi connectivity index (χ1) is 6.74. The normalized spacial score (nSPS) is 22.4. The fraction of sp³-hybridized carbons (Fsp3) is 0.909. The largest absolute Gasteiger partial charge is 0.338 e. The summed E-state index contributed by atoms with van der Waals surface area (Å²) in [5.41, 5.74) is 0. The second kappa shape index (κ2) is 5.35. The maximum atomic E-state index is 11.9. The van der Waals surface area contributed by atoms with Crippen molar-refractivity contribution < 1.29 is 4.79 Å². The Bertz CT molecular complexity index is 190. The minimum absolute atomic E-state index is 0.0839. The van der Waals surface area contributed by atoms with E-state index in [2.05, 4.69) is 19.2 Å². The fourth-order valence-electron chi connectivity index (χ4n) is 2.23. The summed E-state index contributed by atoms with van der Waals surface area (Å²) in [6, 6.07) is 0.534. The molecule has 1 fully saturated rings. The lowest BCUT2D eigenvalue weighted by atomic mass is 10.1. The molecule has 14 heavy (non-hydrogen) atoms. The molecule has 0 radical (unpaired) electrons. The van der Waals surface area contributed by atoms with Crippen molar-refractivity contribution in [1.82, 2.24) is 10.2 Å². The van der Waals surface area contributed by atoms with Gasteiger partial charge in [0.1, 0.15) is 0 Å². The molecule has 1 saturated heterocycles. The minimum Gasteiger partial charge on any atom is -0.338 e. The van der Waals surface area contributed by atoms with Crippen molar-refractivity contribution in [3.05, 3.63) is 0 Å². The van der Waals surface area contributed by atoms with Crippen LogP contribution in [0.4, 0.5) is 0 Å². The van der Waals surface area contributed by atoms with Crippen molar-refractivity contribution >= 4 is 5.91 Å². The van der Waals surface area contributed by atoms with E-state index in [1.807, 2.05) is 11.8 Å². The molecule has 0 saturated carbocycles. The molecular weight excluding hydrogens is 176 g/mol. The Labute approximate surface area is 86.9 Å². The highest BCUT2D eigenvalue weighted by Gasteiger charge is 2.33. The second-order valence-electron chi connectivity index (χ2n) is 3.90. The number of rotatable bonds is 5. The van der Waals surface area contributed by atoms with E-state index in [1.54, 1.807) is 0 Å². The quantitative estimate of drug-likeness (QED) is 0.724. The van der Waals surface area contributed by atoms with Crippen LogP contribution < -0.4 is 5.32 Å². The maximum absolute atomic E-state index is 11.9. The summed E-state index contributed by atoms with van der Waals surface area (Å²) in [6.07, 6.45) is 3.12. The third kappa shape index (κ3) is 2.27. The number of amides is 1. The minimum atomic E-state index is 0.0839. The van der Waals surface area contributed by atoms with Gasteiger partial charge in [0.15, 0.2) is 0 Å². The summed E-state index contributed by atoms with van der Waals surface area (Å²) in [5.74, 6) is 0.306. The molecule has 1 rings (SSSR count). The first-order valence-electron chi connectivity index (χ1n) is 5.78. The summed E-state index contributed by atoms with van der Waals surface area (Å²) in [4.78, 5) is 14.0. The molecule has 3 nitrogen and oxygen atoms in total. The van der Waals surface area contributed by atoms with Crippen LogP contribution in [0.1, 0.15) is 40.0 Å². The first-order valence-corrected chi connectivity index (χ1v) is 5.78. The van der Waals surface area contributed by atoms with Gasteiger partial charge in [-0.05, 0) is 25.8 Å².